The van der Waals surface area contributed by atoms with Gasteiger partial charge in [0.25, 0.3) is 5.91 Å². The Morgan fingerprint density at radius 3 is 2.71 bits per heavy atom. The van der Waals surface area contributed by atoms with Gasteiger partial charge in [0.05, 0.1) is 12.8 Å². The minimum Gasteiger partial charge on any atom is -0.493 e. The predicted molar refractivity (Wildman–Crippen MR) is 115 cm³/mol. The van der Waals surface area contributed by atoms with E-state index in [4.69, 9.17) is 9.47 Å². The van der Waals surface area contributed by atoms with Crippen molar-refractivity contribution in [2.45, 2.75) is 51.4 Å². The summed E-state index contributed by atoms with van der Waals surface area (Å²) < 4.78 is 12.5. The summed E-state index contributed by atoms with van der Waals surface area (Å²) in [5.41, 5.74) is 0.920. The second-order valence-electron chi connectivity index (χ2n) is 8.35. The normalized spacial score (nSPS) is 21.0. The lowest BCUT2D eigenvalue weighted by Gasteiger charge is -2.34. The van der Waals surface area contributed by atoms with E-state index in [9.17, 15) is 9.59 Å². The Morgan fingerprint density at radius 2 is 2.03 bits per heavy atom. The van der Waals surface area contributed by atoms with Crippen molar-refractivity contribution in [2.24, 2.45) is 5.92 Å². The van der Waals surface area contributed by atoms with E-state index in [-0.39, 0.29) is 24.5 Å². The standard InChI is InChI=1S/C22H29N5O4/c1-13(2)15-11-20(28)25-22(23-15)27-19(10-16(26-27)14-8-9-14)24-21(29)12-31-18-7-5-4-6-17(18)30-3/h4-7,10,13-15,22-23H,8-9,11-12H2,1-3H3,(H,24,29)(H,25,28). The highest BCUT2D eigenvalue weighted by Crippen LogP contribution is 2.40. The molecule has 166 valence electrons. The number of hydrogen-bond donors (Lipinski definition) is 3. The smallest absolute Gasteiger partial charge is 0.263 e. The summed E-state index contributed by atoms with van der Waals surface area (Å²) in [7, 11) is 1.55. The molecule has 1 saturated carbocycles. The van der Waals surface area contributed by atoms with Crippen LogP contribution in [0.15, 0.2) is 30.3 Å². The van der Waals surface area contributed by atoms with Crippen molar-refractivity contribution in [3.8, 4) is 11.5 Å². The van der Waals surface area contributed by atoms with Crippen LogP contribution in [0.3, 0.4) is 0 Å². The fraction of sp³-hybridized carbons (Fsp3) is 0.500. The molecular formula is C22H29N5O4. The van der Waals surface area contributed by atoms with E-state index in [1.54, 1.807) is 23.9 Å². The number of rotatable bonds is 8. The zero-order chi connectivity index (χ0) is 22.0. The first kappa shape index (κ1) is 21.2. The van der Waals surface area contributed by atoms with Gasteiger partial charge in [-0.1, -0.05) is 26.0 Å². The Kier molecular flexibility index (Phi) is 6.13. The zero-order valence-electron chi connectivity index (χ0n) is 18.1. The lowest BCUT2D eigenvalue weighted by molar-refractivity contribution is -0.126. The number of hydrogen-bond acceptors (Lipinski definition) is 6. The van der Waals surface area contributed by atoms with Crippen molar-refractivity contribution in [1.82, 2.24) is 20.4 Å². The molecule has 2 aromatic rings. The minimum absolute atomic E-state index is 0.0322. The fourth-order valence-electron chi connectivity index (χ4n) is 3.62. The molecule has 1 aromatic carbocycles. The molecule has 2 heterocycles. The number of nitrogens with one attached hydrogen (secondary N) is 3. The predicted octanol–water partition coefficient (Wildman–Crippen LogP) is 2.38. The first-order valence-electron chi connectivity index (χ1n) is 10.6. The summed E-state index contributed by atoms with van der Waals surface area (Å²) in [6.45, 7) is 3.97. The number of ether oxygens (including phenoxy) is 2. The molecular weight excluding hydrogens is 398 g/mol. The second-order valence-corrected chi connectivity index (χ2v) is 8.35. The average Bonchev–Trinajstić information content (AvgIpc) is 3.52. The Balaban J connectivity index is 1.48. The van der Waals surface area contributed by atoms with Gasteiger partial charge in [-0.2, -0.15) is 5.10 Å². The van der Waals surface area contributed by atoms with E-state index in [0.29, 0.717) is 35.6 Å². The van der Waals surface area contributed by atoms with Gasteiger partial charge in [0.15, 0.2) is 24.4 Å². The minimum atomic E-state index is -0.522. The summed E-state index contributed by atoms with van der Waals surface area (Å²) >= 11 is 0. The highest BCUT2D eigenvalue weighted by atomic mass is 16.5. The molecule has 0 spiro atoms. The third-order valence-electron chi connectivity index (χ3n) is 5.57. The van der Waals surface area contributed by atoms with Gasteiger partial charge in [-0.05, 0) is 30.9 Å². The van der Waals surface area contributed by atoms with E-state index in [1.807, 2.05) is 18.2 Å². The first-order valence-corrected chi connectivity index (χ1v) is 10.6. The van der Waals surface area contributed by atoms with Crippen LogP contribution in [0.25, 0.3) is 0 Å². The van der Waals surface area contributed by atoms with Gasteiger partial charge in [0.2, 0.25) is 5.91 Å². The van der Waals surface area contributed by atoms with Gasteiger partial charge in [-0.3, -0.25) is 14.9 Å². The number of benzene rings is 1. The molecule has 2 aliphatic rings. The number of carbonyl (C=O) groups is 2. The molecule has 2 atom stereocenters. The second kappa shape index (κ2) is 8.97. The van der Waals surface area contributed by atoms with Crippen molar-refractivity contribution in [3.05, 3.63) is 36.0 Å². The maximum atomic E-state index is 12.6. The summed E-state index contributed by atoms with van der Waals surface area (Å²) in [6.07, 6.45) is 2.06. The number of para-hydroxylation sites is 2. The molecule has 2 amide bonds. The molecule has 4 rings (SSSR count). The van der Waals surface area contributed by atoms with Crippen molar-refractivity contribution in [2.75, 3.05) is 19.0 Å². The topological polar surface area (TPSA) is 107 Å². The maximum Gasteiger partial charge on any atom is 0.263 e. The van der Waals surface area contributed by atoms with Crippen LogP contribution in [-0.2, 0) is 9.59 Å². The molecule has 9 heteroatoms. The highest BCUT2D eigenvalue weighted by molar-refractivity contribution is 5.91. The SMILES string of the molecule is COc1ccccc1OCC(=O)Nc1cc(C2CC2)nn1C1NC(=O)CC(C(C)C)N1. The molecule has 1 aliphatic heterocycles. The Labute approximate surface area is 181 Å². The van der Waals surface area contributed by atoms with E-state index >= 15 is 0 Å². The Bertz CT molecular complexity index is 953. The van der Waals surface area contributed by atoms with Gasteiger partial charge in [-0.15, -0.1) is 0 Å². The highest BCUT2D eigenvalue weighted by Gasteiger charge is 2.33. The van der Waals surface area contributed by atoms with E-state index in [0.717, 1.165) is 18.5 Å². The van der Waals surface area contributed by atoms with Crippen molar-refractivity contribution in [3.63, 3.8) is 0 Å². The average molecular weight is 428 g/mol. The number of nitrogens with zero attached hydrogens (tertiary/aromatic N) is 2. The van der Waals surface area contributed by atoms with Crippen molar-refractivity contribution in [1.29, 1.82) is 0 Å². The molecule has 2 fully saturated rings. The third kappa shape index (κ3) is 4.99. The van der Waals surface area contributed by atoms with Crippen LogP contribution in [0.5, 0.6) is 11.5 Å². The van der Waals surface area contributed by atoms with Crippen molar-refractivity contribution < 1.29 is 19.1 Å². The van der Waals surface area contributed by atoms with E-state index < -0.39 is 6.29 Å². The molecule has 2 unspecified atom stereocenters. The van der Waals surface area contributed by atoms with Gasteiger partial charge in [0, 0.05) is 24.4 Å². The molecule has 1 aromatic heterocycles. The molecule has 1 aliphatic carbocycles. The van der Waals surface area contributed by atoms with Crippen LogP contribution in [0.1, 0.15) is 51.0 Å². The number of amides is 2. The number of methoxy groups -OCH3 is 1. The largest absolute Gasteiger partial charge is 0.493 e. The molecule has 3 N–H and O–H groups in total. The molecule has 0 radical (unpaired) electrons. The first-order chi connectivity index (χ1) is 14.9. The molecule has 0 bridgehead atoms. The number of aromatic nitrogens is 2. The maximum absolute atomic E-state index is 12.6. The number of anilines is 1. The molecule has 9 nitrogen and oxygen atoms in total. The van der Waals surface area contributed by atoms with Crippen LogP contribution >= 0.6 is 0 Å². The summed E-state index contributed by atoms with van der Waals surface area (Å²) in [6, 6.07) is 9.08. The summed E-state index contributed by atoms with van der Waals surface area (Å²) in [5, 5.41) is 13.9. The third-order valence-corrected chi connectivity index (χ3v) is 5.57. The van der Waals surface area contributed by atoms with Crippen molar-refractivity contribution >= 4 is 17.6 Å². The Morgan fingerprint density at radius 1 is 1.29 bits per heavy atom. The van der Waals surface area contributed by atoms with Crippen LogP contribution in [0, 0.1) is 5.92 Å². The zero-order valence-corrected chi connectivity index (χ0v) is 18.1. The number of carbonyl (C=O) groups excluding carboxylic acids is 2. The lowest BCUT2D eigenvalue weighted by Crippen LogP contribution is -2.55. The van der Waals surface area contributed by atoms with Gasteiger partial charge < -0.3 is 20.1 Å². The van der Waals surface area contributed by atoms with Crippen LogP contribution in [0.2, 0.25) is 0 Å². The Hall–Kier alpha value is -3.07. The molecule has 1 saturated heterocycles. The summed E-state index contributed by atoms with van der Waals surface area (Å²) in [4.78, 5) is 24.9. The van der Waals surface area contributed by atoms with Gasteiger partial charge >= 0.3 is 0 Å². The van der Waals surface area contributed by atoms with E-state index in [1.165, 1.54) is 0 Å². The van der Waals surface area contributed by atoms with Crippen LogP contribution in [0.4, 0.5) is 5.82 Å². The fourth-order valence-corrected chi connectivity index (χ4v) is 3.62. The van der Waals surface area contributed by atoms with E-state index in [2.05, 4.69) is 34.9 Å². The van der Waals surface area contributed by atoms with Crippen LogP contribution < -0.4 is 25.4 Å². The van der Waals surface area contributed by atoms with Crippen LogP contribution in [-0.4, -0.2) is 41.4 Å². The molecule has 31 heavy (non-hydrogen) atoms. The quantitative estimate of drug-likeness (QED) is 0.597. The van der Waals surface area contributed by atoms with Gasteiger partial charge in [0.1, 0.15) is 5.82 Å². The van der Waals surface area contributed by atoms with Gasteiger partial charge in [-0.25, -0.2) is 4.68 Å². The monoisotopic (exact) mass is 427 g/mol. The summed E-state index contributed by atoms with van der Waals surface area (Å²) in [5.74, 6) is 1.91. The lowest BCUT2D eigenvalue weighted by atomic mass is 9.99.